The number of carbonyl (C=O) groups excluding carboxylic acids is 1. The zero-order valence-corrected chi connectivity index (χ0v) is 12.7. The van der Waals surface area contributed by atoms with Crippen molar-refractivity contribution < 1.29 is 9.53 Å². The first-order chi connectivity index (χ1) is 10.1. The van der Waals surface area contributed by atoms with Gasteiger partial charge in [-0.25, -0.2) is 0 Å². The molecular weight excluding hydrogens is 264 g/mol. The van der Waals surface area contributed by atoms with Crippen molar-refractivity contribution >= 4 is 5.91 Å². The van der Waals surface area contributed by atoms with Crippen LogP contribution in [-0.2, 0) is 22.7 Å². The Hall–Kier alpha value is -1.86. The van der Waals surface area contributed by atoms with Gasteiger partial charge in [0.15, 0.2) is 0 Å². The first-order valence-electron chi connectivity index (χ1n) is 7.45. The highest BCUT2D eigenvalue weighted by molar-refractivity contribution is 5.86. The molecule has 1 aliphatic carbocycles. The Balaban J connectivity index is 1.90. The van der Waals surface area contributed by atoms with Crippen molar-refractivity contribution in [1.29, 1.82) is 5.26 Å². The highest BCUT2D eigenvalue weighted by atomic mass is 16.5. The molecule has 1 aromatic carbocycles. The van der Waals surface area contributed by atoms with Crippen molar-refractivity contribution in [3.63, 3.8) is 0 Å². The summed E-state index contributed by atoms with van der Waals surface area (Å²) >= 11 is 0. The van der Waals surface area contributed by atoms with Gasteiger partial charge in [0, 0.05) is 6.54 Å². The van der Waals surface area contributed by atoms with E-state index in [9.17, 15) is 4.79 Å². The SMILES string of the molecule is CC(C)OCc1cccc(CNC(=O)C2(C#N)CCC2)c1. The molecule has 1 amide bonds. The van der Waals surface area contributed by atoms with Crippen molar-refractivity contribution in [2.45, 2.75) is 52.4 Å². The maximum absolute atomic E-state index is 12.1. The predicted molar refractivity (Wildman–Crippen MR) is 80.1 cm³/mol. The monoisotopic (exact) mass is 286 g/mol. The highest BCUT2D eigenvalue weighted by Gasteiger charge is 2.44. The summed E-state index contributed by atoms with van der Waals surface area (Å²) in [4.78, 5) is 12.1. The number of nitriles is 1. The smallest absolute Gasteiger partial charge is 0.240 e. The molecule has 0 heterocycles. The van der Waals surface area contributed by atoms with E-state index in [0.29, 0.717) is 26.0 Å². The molecule has 0 aromatic heterocycles. The van der Waals surface area contributed by atoms with Crippen LogP contribution in [0.4, 0.5) is 0 Å². The minimum absolute atomic E-state index is 0.139. The van der Waals surface area contributed by atoms with Crippen LogP contribution in [-0.4, -0.2) is 12.0 Å². The lowest BCUT2D eigenvalue weighted by Gasteiger charge is -2.33. The van der Waals surface area contributed by atoms with Crippen molar-refractivity contribution in [3.05, 3.63) is 35.4 Å². The third kappa shape index (κ3) is 3.83. The quantitative estimate of drug-likeness (QED) is 0.874. The van der Waals surface area contributed by atoms with Gasteiger partial charge in [0.25, 0.3) is 0 Å². The van der Waals surface area contributed by atoms with Gasteiger partial charge in [0.05, 0.1) is 18.8 Å². The molecule has 21 heavy (non-hydrogen) atoms. The van der Waals surface area contributed by atoms with Crippen LogP contribution in [0, 0.1) is 16.7 Å². The van der Waals surface area contributed by atoms with E-state index in [-0.39, 0.29) is 12.0 Å². The van der Waals surface area contributed by atoms with E-state index in [0.717, 1.165) is 17.5 Å². The summed E-state index contributed by atoms with van der Waals surface area (Å²) in [6.07, 6.45) is 2.51. The standard InChI is InChI=1S/C17H22N2O2/c1-13(2)21-11-15-6-3-5-14(9-15)10-19-16(20)17(12-18)7-4-8-17/h3,5-6,9,13H,4,7-8,10-11H2,1-2H3,(H,19,20). The molecule has 112 valence electrons. The molecule has 0 spiro atoms. The topological polar surface area (TPSA) is 62.1 Å². The van der Waals surface area contributed by atoms with Crippen LogP contribution >= 0.6 is 0 Å². The molecular formula is C17H22N2O2. The van der Waals surface area contributed by atoms with Gasteiger partial charge in [-0.05, 0) is 44.2 Å². The van der Waals surface area contributed by atoms with Gasteiger partial charge in [0.2, 0.25) is 5.91 Å². The summed E-state index contributed by atoms with van der Waals surface area (Å²) in [6.45, 7) is 5.04. The Morgan fingerprint density at radius 1 is 1.43 bits per heavy atom. The van der Waals surface area contributed by atoms with E-state index in [4.69, 9.17) is 10.00 Å². The molecule has 4 heteroatoms. The van der Waals surface area contributed by atoms with E-state index in [1.54, 1.807) is 0 Å². The fourth-order valence-corrected chi connectivity index (χ4v) is 2.36. The molecule has 1 fully saturated rings. The Kier molecular flexibility index (Phi) is 4.98. The number of hydrogen-bond donors (Lipinski definition) is 1. The minimum atomic E-state index is -0.779. The second-order valence-corrected chi connectivity index (χ2v) is 5.91. The fourth-order valence-electron chi connectivity index (χ4n) is 2.36. The molecule has 2 rings (SSSR count). The second kappa shape index (κ2) is 6.73. The van der Waals surface area contributed by atoms with Crippen LogP contribution in [0.1, 0.15) is 44.2 Å². The van der Waals surface area contributed by atoms with E-state index < -0.39 is 5.41 Å². The lowest BCUT2D eigenvalue weighted by molar-refractivity contribution is -0.131. The van der Waals surface area contributed by atoms with Gasteiger partial charge in [-0.15, -0.1) is 0 Å². The van der Waals surface area contributed by atoms with Crippen LogP contribution in [0.15, 0.2) is 24.3 Å². The van der Waals surface area contributed by atoms with Crippen molar-refractivity contribution in [2.75, 3.05) is 0 Å². The van der Waals surface area contributed by atoms with Gasteiger partial charge in [0.1, 0.15) is 5.41 Å². The molecule has 1 saturated carbocycles. The predicted octanol–water partition coefficient (Wildman–Crippen LogP) is 2.92. The number of hydrogen-bond acceptors (Lipinski definition) is 3. The zero-order valence-electron chi connectivity index (χ0n) is 12.7. The average Bonchev–Trinajstić information content (AvgIpc) is 2.43. The van der Waals surface area contributed by atoms with Crippen LogP contribution in [0.2, 0.25) is 0 Å². The summed E-state index contributed by atoms with van der Waals surface area (Å²) < 4.78 is 5.58. The highest BCUT2D eigenvalue weighted by Crippen LogP contribution is 2.40. The molecule has 1 aromatic rings. The Labute approximate surface area is 126 Å². The van der Waals surface area contributed by atoms with Crippen LogP contribution in [0.25, 0.3) is 0 Å². The first kappa shape index (κ1) is 15.5. The maximum Gasteiger partial charge on any atom is 0.240 e. The Morgan fingerprint density at radius 3 is 2.71 bits per heavy atom. The van der Waals surface area contributed by atoms with E-state index >= 15 is 0 Å². The molecule has 0 saturated heterocycles. The maximum atomic E-state index is 12.1. The van der Waals surface area contributed by atoms with Gasteiger partial charge in [-0.2, -0.15) is 5.26 Å². The average molecular weight is 286 g/mol. The number of benzene rings is 1. The summed E-state index contributed by atoms with van der Waals surface area (Å²) in [7, 11) is 0. The van der Waals surface area contributed by atoms with Crippen molar-refractivity contribution in [1.82, 2.24) is 5.32 Å². The number of rotatable bonds is 6. The molecule has 1 aliphatic rings. The molecule has 0 unspecified atom stereocenters. The zero-order chi connectivity index (χ0) is 15.3. The number of nitrogens with one attached hydrogen (secondary N) is 1. The van der Waals surface area contributed by atoms with Crippen LogP contribution < -0.4 is 5.32 Å². The van der Waals surface area contributed by atoms with E-state index in [1.165, 1.54) is 0 Å². The Morgan fingerprint density at radius 2 is 2.14 bits per heavy atom. The largest absolute Gasteiger partial charge is 0.374 e. The van der Waals surface area contributed by atoms with Crippen molar-refractivity contribution in [2.24, 2.45) is 5.41 Å². The second-order valence-electron chi connectivity index (χ2n) is 5.91. The lowest BCUT2D eigenvalue weighted by Crippen LogP contribution is -2.44. The van der Waals surface area contributed by atoms with E-state index in [1.807, 2.05) is 38.1 Å². The normalized spacial score (nSPS) is 16.1. The van der Waals surface area contributed by atoms with Crippen LogP contribution in [0.3, 0.4) is 0 Å². The molecule has 0 aliphatic heterocycles. The Bertz CT molecular complexity index is 542. The first-order valence-corrected chi connectivity index (χ1v) is 7.45. The lowest BCUT2D eigenvalue weighted by atomic mass is 9.69. The molecule has 0 atom stereocenters. The van der Waals surface area contributed by atoms with Gasteiger partial charge >= 0.3 is 0 Å². The number of ether oxygens (including phenoxy) is 1. The third-order valence-corrected chi connectivity index (χ3v) is 3.88. The molecule has 1 N–H and O–H groups in total. The van der Waals surface area contributed by atoms with Crippen LogP contribution in [0.5, 0.6) is 0 Å². The van der Waals surface area contributed by atoms with Crippen molar-refractivity contribution in [3.8, 4) is 6.07 Å². The molecule has 0 radical (unpaired) electrons. The molecule has 4 nitrogen and oxygen atoms in total. The summed E-state index contributed by atoms with van der Waals surface area (Å²) in [5.74, 6) is -0.139. The van der Waals surface area contributed by atoms with Gasteiger partial charge in [-0.3, -0.25) is 4.79 Å². The van der Waals surface area contributed by atoms with Gasteiger partial charge < -0.3 is 10.1 Å². The molecule has 0 bridgehead atoms. The van der Waals surface area contributed by atoms with E-state index in [2.05, 4.69) is 11.4 Å². The van der Waals surface area contributed by atoms with Gasteiger partial charge in [-0.1, -0.05) is 24.3 Å². The summed E-state index contributed by atoms with van der Waals surface area (Å²) in [5, 5.41) is 12.0. The third-order valence-electron chi connectivity index (χ3n) is 3.88. The summed E-state index contributed by atoms with van der Waals surface area (Å²) in [6, 6.07) is 10.1. The number of carbonyl (C=O) groups is 1. The summed E-state index contributed by atoms with van der Waals surface area (Å²) in [5.41, 5.74) is 1.34. The number of nitrogens with zero attached hydrogens (tertiary/aromatic N) is 1. The fraction of sp³-hybridized carbons (Fsp3) is 0.529. The minimum Gasteiger partial charge on any atom is -0.374 e. The number of amides is 1.